The van der Waals surface area contributed by atoms with Crippen LogP contribution in [-0.2, 0) is 0 Å². The molecule has 1 heterocycles. The lowest BCUT2D eigenvalue weighted by Gasteiger charge is -2.30. The molecule has 0 nitrogen and oxygen atoms in total. The Balaban J connectivity index is 2.20. The van der Waals surface area contributed by atoms with Crippen LogP contribution >= 0.6 is 11.8 Å². The summed E-state index contributed by atoms with van der Waals surface area (Å²) in [6, 6.07) is 0. The number of hydrogen-bond donors (Lipinski definition) is 0. The Labute approximate surface area is 79.5 Å². The van der Waals surface area contributed by atoms with Crippen molar-refractivity contribution >= 4 is 11.8 Å². The zero-order valence-corrected chi connectivity index (χ0v) is 8.71. The summed E-state index contributed by atoms with van der Waals surface area (Å²) in [5, 5.41) is 0. The Kier molecular flexibility index (Phi) is 1.74. The fraction of sp³-hybridized carbons (Fsp3) is 0.818. The Hall–Kier alpha value is -0.0900. The molecule has 0 radical (unpaired) electrons. The number of rotatable bonds is 1. The van der Waals surface area contributed by atoms with E-state index in [0.717, 1.165) is 5.92 Å². The van der Waals surface area contributed by atoms with E-state index in [1.54, 1.807) is 0 Å². The SMILES string of the molecule is C#CC1(C2CCSC2(C)C)CC1. The molecule has 2 aliphatic rings. The summed E-state index contributed by atoms with van der Waals surface area (Å²) in [6.07, 6.45) is 9.50. The summed E-state index contributed by atoms with van der Waals surface area (Å²) in [5.41, 5.74) is 0.312. The maximum absolute atomic E-state index is 5.61. The van der Waals surface area contributed by atoms with Crippen LogP contribution in [-0.4, -0.2) is 10.5 Å². The van der Waals surface area contributed by atoms with Crippen molar-refractivity contribution in [1.29, 1.82) is 0 Å². The van der Waals surface area contributed by atoms with E-state index in [9.17, 15) is 0 Å². The van der Waals surface area contributed by atoms with E-state index in [0.29, 0.717) is 10.2 Å². The molecule has 0 aromatic carbocycles. The third-order valence-corrected chi connectivity index (χ3v) is 4.93. The Morgan fingerprint density at radius 3 is 2.42 bits per heavy atom. The van der Waals surface area contributed by atoms with E-state index in [1.807, 2.05) is 0 Å². The Morgan fingerprint density at radius 2 is 2.08 bits per heavy atom. The quantitative estimate of drug-likeness (QED) is 0.559. The lowest BCUT2D eigenvalue weighted by Crippen LogP contribution is -2.29. The molecule has 66 valence electrons. The average molecular weight is 180 g/mol. The van der Waals surface area contributed by atoms with Crippen molar-refractivity contribution in [3.8, 4) is 12.3 Å². The van der Waals surface area contributed by atoms with Gasteiger partial charge in [0, 0.05) is 10.2 Å². The second-order valence-corrected chi connectivity index (χ2v) is 6.34. The second-order valence-electron chi connectivity index (χ2n) is 4.59. The van der Waals surface area contributed by atoms with Crippen LogP contribution in [0.5, 0.6) is 0 Å². The van der Waals surface area contributed by atoms with Crippen molar-refractivity contribution in [2.24, 2.45) is 11.3 Å². The topological polar surface area (TPSA) is 0 Å². The van der Waals surface area contributed by atoms with Crippen molar-refractivity contribution in [2.75, 3.05) is 5.75 Å². The van der Waals surface area contributed by atoms with Crippen molar-refractivity contribution in [3.05, 3.63) is 0 Å². The summed E-state index contributed by atoms with van der Waals surface area (Å²) in [6.45, 7) is 4.71. The molecule has 0 aromatic rings. The summed E-state index contributed by atoms with van der Waals surface area (Å²) in [5.74, 6) is 5.12. The first-order chi connectivity index (χ1) is 5.61. The van der Waals surface area contributed by atoms with Gasteiger partial charge in [-0.3, -0.25) is 0 Å². The van der Waals surface area contributed by atoms with Gasteiger partial charge in [0.1, 0.15) is 0 Å². The van der Waals surface area contributed by atoms with Crippen LogP contribution < -0.4 is 0 Å². The van der Waals surface area contributed by atoms with Gasteiger partial charge in [-0.05, 0) is 30.9 Å². The minimum absolute atomic E-state index is 0.312. The molecular formula is C11H16S. The van der Waals surface area contributed by atoms with E-state index in [4.69, 9.17) is 6.42 Å². The predicted molar refractivity (Wildman–Crippen MR) is 55.1 cm³/mol. The van der Waals surface area contributed by atoms with E-state index >= 15 is 0 Å². The maximum atomic E-state index is 5.61. The predicted octanol–water partition coefficient (Wildman–Crippen LogP) is 2.93. The lowest BCUT2D eigenvalue weighted by atomic mass is 9.79. The Morgan fingerprint density at radius 1 is 1.42 bits per heavy atom. The lowest BCUT2D eigenvalue weighted by molar-refractivity contribution is 0.326. The normalized spacial score (nSPS) is 35.9. The zero-order valence-electron chi connectivity index (χ0n) is 7.89. The molecule has 1 saturated carbocycles. The molecule has 1 unspecified atom stereocenters. The fourth-order valence-corrected chi connectivity index (χ4v) is 3.98. The second kappa shape index (κ2) is 2.45. The van der Waals surface area contributed by atoms with Gasteiger partial charge in [0.2, 0.25) is 0 Å². The summed E-state index contributed by atoms with van der Waals surface area (Å²) >= 11 is 2.09. The molecule has 1 aliphatic carbocycles. The molecule has 1 heteroatoms. The zero-order chi connectivity index (χ0) is 8.82. The summed E-state index contributed by atoms with van der Waals surface area (Å²) in [4.78, 5) is 0. The van der Waals surface area contributed by atoms with Crippen molar-refractivity contribution in [2.45, 2.75) is 37.9 Å². The minimum atomic E-state index is 0.312. The highest BCUT2D eigenvalue weighted by molar-refractivity contribution is 8.00. The molecule has 1 saturated heterocycles. The third-order valence-electron chi connectivity index (χ3n) is 3.46. The summed E-state index contributed by atoms with van der Waals surface area (Å²) in [7, 11) is 0. The molecule has 2 rings (SSSR count). The highest BCUT2D eigenvalue weighted by Gasteiger charge is 2.55. The van der Waals surface area contributed by atoms with Gasteiger partial charge in [-0.1, -0.05) is 19.8 Å². The van der Waals surface area contributed by atoms with Gasteiger partial charge in [-0.15, -0.1) is 6.42 Å². The smallest absolute Gasteiger partial charge is 0.0354 e. The van der Waals surface area contributed by atoms with Crippen molar-refractivity contribution < 1.29 is 0 Å². The first-order valence-corrected chi connectivity index (χ1v) is 5.71. The first kappa shape index (κ1) is 8.51. The number of hydrogen-bond acceptors (Lipinski definition) is 1. The van der Waals surface area contributed by atoms with Gasteiger partial charge < -0.3 is 0 Å². The van der Waals surface area contributed by atoms with E-state index in [1.165, 1.54) is 25.0 Å². The molecular weight excluding hydrogens is 164 g/mol. The largest absolute Gasteiger partial charge is 0.155 e. The van der Waals surface area contributed by atoms with Crippen LogP contribution in [0, 0.1) is 23.7 Å². The van der Waals surface area contributed by atoms with Gasteiger partial charge in [0.25, 0.3) is 0 Å². The van der Waals surface area contributed by atoms with Crippen molar-refractivity contribution in [1.82, 2.24) is 0 Å². The molecule has 0 amide bonds. The number of thioether (sulfide) groups is 1. The van der Waals surface area contributed by atoms with Gasteiger partial charge in [0.05, 0.1) is 0 Å². The van der Waals surface area contributed by atoms with Crippen LogP contribution in [0.1, 0.15) is 33.1 Å². The van der Waals surface area contributed by atoms with Crippen molar-refractivity contribution in [3.63, 3.8) is 0 Å². The maximum Gasteiger partial charge on any atom is 0.0354 e. The van der Waals surface area contributed by atoms with E-state index < -0.39 is 0 Å². The van der Waals surface area contributed by atoms with Gasteiger partial charge >= 0.3 is 0 Å². The van der Waals surface area contributed by atoms with Gasteiger partial charge in [-0.25, -0.2) is 0 Å². The minimum Gasteiger partial charge on any atom is -0.155 e. The highest BCUT2D eigenvalue weighted by atomic mass is 32.2. The summed E-state index contributed by atoms with van der Waals surface area (Å²) < 4.78 is 0.433. The van der Waals surface area contributed by atoms with Crippen LogP contribution in [0.3, 0.4) is 0 Å². The molecule has 1 atom stereocenters. The molecule has 0 bridgehead atoms. The van der Waals surface area contributed by atoms with Crippen LogP contribution in [0.4, 0.5) is 0 Å². The average Bonchev–Trinajstić information content (AvgIpc) is 2.72. The molecule has 2 fully saturated rings. The van der Waals surface area contributed by atoms with Gasteiger partial charge in [-0.2, -0.15) is 11.8 Å². The molecule has 1 aliphatic heterocycles. The molecule has 0 aromatic heterocycles. The monoisotopic (exact) mass is 180 g/mol. The molecule has 12 heavy (non-hydrogen) atoms. The molecule has 0 N–H and O–H groups in total. The van der Waals surface area contributed by atoms with Crippen LogP contribution in [0.25, 0.3) is 0 Å². The Bertz CT molecular complexity index is 230. The van der Waals surface area contributed by atoms with E-state index in [2.05, 4.69) is 31.5 Å². The van der Waals surface area contributed by atoms with E-state index in [-0.39, 0.29) is 0 Å². The van der Waals surface area contributed by atoms with Crippen LogP contribution in [0.15, 0.2) is 0 Å². The van der Waals surface area contributed by atoms with Crippen LogP contribution in [0.2, 0.25) is 0 Å². The first-order valence-electron chi connectivity index (χ1n) is 4.72. The number of terminal acetylenes is 1. The fourth-order valence-electron chi connectivity index (χ4n) is 2.56. The van der Waals surface area contributed by atoms with Gasteiger partial charge in [0.15, 0.2) is 0 Å². The third kappa shape index (κ3) is 1.09. The molecule has 0 spiro atoms. The highest BCUT2D eigenvalue weighted by Crippen LogP contribution is 2.61. The standard InChI is InChI=1S/C11H16S/c1-4-11(6-7-11)9-5-8-12-10(9,2)3/h1,9H,5-8H2,2-3H3.